The summed E-state index contributed by atoms with van der Waals surface area (Å²) in [5.41, 5.74) is 0. The molecule has 1 unspecified atom stereocenters. The average Bonchev–Trinajstić information content (AvgIpc) is 2.44. The molecule has 0 saturated carbocycles. The van der Waals surface area contributed by atoms with Gasteiger partial charge in [0.2, 0.25) is 11.8 Å². The molecule has 0 aliphatic carbocycles. The lowest BCUT2D eigenvalue weighted by Crippen LogP contribution is -2.49. The van der Waals surface area contributed by atoms with Gasteiger partial charge in [0, 0.05) is 18.9 Å². The molecule has 0 bridgehead atoms. The Hall–Kier alpha value is -0.900. The Kier molecular flexibility index (Phi) is 3.59. The monoisotopic (exact) mass is 224 g/mol. The molecule has 4 heteroatoms. The summed E-state index contributed by atoms with van der Waals surface area (Å²) in [7, 11) is 0. The summed E-state index contributed by atoms with van der Waals surface area (Å²) in [4.78, 5) is 25.4. The highest BCUT2D eigenvalue weighted by molar-refractivity contribution is 5.98. The largest absolute Gasteiger partial charge is 0.317 e. The number of carbonyl (C=O) groups excluding carboxylic acids is 2. The van der Waals surface area contributed by atoms with E-state index in [1.54, 1.807) is 4.90 Å². The van der Waals surface area contributed by atoms with Gasteiger partial charge in [0.25, 0.3) is 0 Å². The summed E-state index contributed by atoms with van der Waals surface area (Å²) in [6.07, 6.45) is 3.99. The lowest BCUT2D eigenvalue weighted by molar-refractivity contribution is -0.152. The molecular formula is C12H20N2O2. The standard InChI is InChI=1S/C12H20N2O2/c1-9-7-11(15)14(12(16)8-9)10-3-2-5-13-6-4-10/h9-10,13H,2-8H2,1H3. The fraction of sp³-hybridized carbons (Fsp3) is 0.833. The molecule has 2 aliphatic rings. The van der Waals surface area contributed by atoms with Gasteiger partial charge in [-0.25, -0.2) is 0 Å². The molecule has 1 N–H and O–H groups in total. The highest BCUT2D eigenvalue weighted by atomic mass is 16.2. The van der Waals surface area contributed by atoms with Gasteiger partial charge in [-0.3, -0.25) is 14.5 Å². The molecule has 2 aliphatic heterocycles. The van der Waals surface area contributed by atoms with Crippen molar-refractivity contribution < 1.29 is 9.59 Å². The van der Waals surface area contributed by atoms with Crippen LogP contribution < -0.4 is 5.32 Å². The third-order valence-corrected chi connectivity index (χ3v) is 3.49. The first-order valence-electron chi connectivity index (χ1n) is 6.24. The van der Waals surface area contributed by atoms with E-state index in [1.807, 2.05) is 6.92 Å². The predicted molar refractivity (Wildman–Crippen MR) is 60.8 cm³/mol. The Morgan fingerprint density at radius 3 is 2.50 bits per heavy atom. The maximum Gasteiger partial charge on any atom is 0.229 e. The molecule has 90 valence electrons. The summed E-state index contributed by atoms with van der Waals surface area (Å²) < 4.78 is 0. The molecule has 4 nitrogen and oxygen atoms in total. The molecule has 2 fully saturated rings. The van der Waals surface area contributed by atoms with Crippen molar-refractivity contribution in [2.75, 3.05) is 13.1 Å². The maximum atomic E-state index is 11.9. The van der Waals surface area contributed by atoms with Gasteiger partial charge in [-0.05, 0) is 38.3 Å². The number of nitrogens with one attached hydrogen (secondary N) is 1. The lowest BCUT2D eigenvalue weighted by Gasteiger charge is -2.34. The zero-order chi connectivity index (χ0) is 11.5. The van der Waals surface area contributed by atoms with Gasteiger partial charge >= 0.3 is 0 Å². The molecule has 0 spiro atoms. The highest BCUT2D eigenvalue weighted by Crippen LogP contribution is 2.24. The van der Waals surface area contributed by atoms with E-state index >= 15 is 0 Å². The molecule has 2 rings (SSSR count). The van der Waals surface area contributed by atoms with Crippen LogP contribution in [0.2, 0.25) is 0 Å². The molecule has 2 heterocycles. The van der Waals surface area contributed by atoms with E-state index in [0.29, 0.717) is 12.8 Å². The van der Waals surface area contributed by atoms with Crippen LogP contribution in [0.25, 0.3) is 0 Å². The summed E-state index contributed by atoms with van der Waals surface area (Å²) in [5.74, 6) is 0.298. The maximum absolute atomic E-state index is 11.9. The van der Waals surface area contributed by atoms with Crippen LogP contribution in [-0.4, -0.2) is 35.8 Å². The Bertz CT molecular complexity index is 265. The predicted octanol–water partition coefficient (Wildman–Crippen LogP) is 0.914. The van der Waals surface area contributed by atoms with E-state index in [0.717, 1.165) is 32.4 Å². The van der Waals surface area contributed by atoms with Crippen molar-refractivity contribution in [3.05, 3.63) is 0 Å². The normalized spacial score (nSPS) is 29.3. The van der Waals surface area contributed by atoms with Crippen molar-refractivity contribution in [1.29, 1.82) is 0 Å². The fourth-order valence-electron chi connectivity index (χ4n) is 2.67. The Morgan fingerprint density at radius 1 is 1.12 bits per heavy atom. The third-order valence-electron chi connectivity index (χ3n) is 3.49. The van der Waals surface area contributed by atoms with Crippen molar-refractivity contribution >= 4 is 11.8 Å². The van der Waals surface area contributed by atoms with Crippen molar-refractivity contribution in [1.82, 2.24) is 10.2 Å². The minimum atomic E-state index is 0.0376. The topological polar surface area (TPSA) is 49.4 Å². The molecule has 2 saturated heterocycles. The molecule has 0 aromatic heterocycles. The van der Waals surface area contributed by atoms with Crippen LogP contribution in [0.5, 0.6) is 0 Å². The number of nitrogens with zero attached hydrogens (tertiary/aromatic N) is 1. The number of carbonyl (C=O) groups is 2. The Balaban J connectivity index is 2.05. The molecule has 0 aromatic rings. The van der Waals surface area contributed by atoms with Crippen LogP contribution in [0, 0.1) is 5.92 Å². The van der Waals surface area contributed by atoms with E-state index in [9.17, 15) is 9.59 Å². The molecule has 16 heavy (non-hydrogen) atoms. The minimum Gasteiger partial charge on any atom is -0.317 e. The lowest BCUT2D eigenvalue weighted by atomic mass is 9.95. The molecular weight excluding hydrogens is 204 g/mol. The van der Waals surface area contributed by atoms with Gasteiger partial charge < -0.3 is 5.32 Å². The third kappa shape index (κ3) is 2.43. The van der Waals surface area contributed by atoms with Crippen molar-refractivity contribution in [2.24, 2.45) is 5.92 Å². The van der Waals surface area contributed by atoms with E-state index in [2.05, 4.69) is 5.32 Å². The quantitative estimate of drug-likeness (QED) is 0.674. The highest BCUT2D eigenvalue weighted by Gasteiger charge is 2.35. The molecule has 2 amide bonds. The number of imide groups is 1. The van der Waals surface area contributed by atoms with E-state index in [-0.39, 0.29) is 23.8 Å². The first-order chi connectivity index (χ1) is 7.68. The average molecular weight is 224 g/mol. The number of hydrogen-bond acceptors (Lipinski definition) is 3. The van der Waals surface area contributed by atoms with Gasteiger partial charge in [-0.1, -0.05) is 6.92 Å². The SMILES string of the molecule is CC1CC(=O)N(C2CCCNCC2)C(=O)C1. The van der Waals surface area contributed by atoms with Crippen molar-refractivity contribution in [3.63, 3.8) is 0 Å². The Labute approximate surface area is 96.4 Å². The summed E-state index contributed by atoms with van der Waals surface area (Å²) in [5, 5.41) is 3.31. The van der Waals surface area contributed by atoms with E-state index in [4.69, 9.17) is 0 Å². The number of amides is 2. The van der Waals surface area contributed by atoms with Gasteiger partial charge in [0.15, 0.2) is 0 Å². The van der Waals surface area contributed by atoms with Crippen molar-refractivity contribution in [2.45, 2.75) is 45.1 Å². The fourth-order valence-corrected chi connectivity index (χ4v) is 2.67. The van der Waals surface area contributed by atoms with E-state index < -0.39 is 0 Å². The van der Waals surface area contributed by atoms with Crippen LogP contribution in [-0.2, 0) is 9.59 Å². The molecule has 0 radical (unpaired) electrons. The molecule has 0 aromatic carbocycles. The van der Waals surface area contributed by atoms with Crippen LogP contribution in [0.1, 0.15) is 39.0 Å². The minimum absolute atomic E-state index is 0.0376. The van der Waals surface area contributed by atoms with E-state index in [1.165, 1.54) is 0 Å². The zero-order valence-corrected chi connectivity index (χ0v) is 9.87. The summed E-state index contributed by atoms with van der Waals surface area (Å²) >= 11 is 0. The summed E-state index contributed by atoms with van der Waals surface area (Å²) in [6.45, 7) is 3.89. The van der Waals surface area contributed by atoms with Crippen LogP contribution >= 0.6 is 0 Å². The first-order valence-corrected chi connectivity index (χ1v) is 6.24. The number of rotatable bonds is 1. The van der Waals surface area contributed by atoms with Crippen LogP contribution in [0.4, 0.5) is 0 Å². The second-order valence-corrected chi connectivity index (χ2v) is 5.01. The first kappa shape index (κ1) is 11.6. The second kappa shape index (κ2) is 4.95. The number of piperidine rings is 1. The number of hydrogen-bond donors (Lipinski definition) is 1. The van der Waals surface area contributed by atoms with Gasteiger partial charge in [-0.2, -0.15) is 0 Å². The molecule has 1 atom stereocenters. The Morgan fingerprint density at radius 2 is 1.81 bits per heavy atom. The van der Waals surface area contributed by atoms with Crippen molar-refractivity contribution in [3.8, 4) is 0 Å². The van der Waals surface area contributed by atoms with Gasteiger partial charge in [0.1, 0.15) is 0 Å². The van der Waals surface area contributed by atoms with Gasteiger partial charge in [-0.15, -0.1) is 0 Å². The van der Waals surface area contributed by atoms with Crippen LogP contribution in [0.15, 0.2) is 0 Å². The number of likely N-dealkylation sites (tertiary alicyclic amines) is 1. The second-order valence-electron chi connectivity index (χ2n) is 5.01. The smallest absolute Gasteiger partial charge is 0.229 e. The zero-order valence-electron chi connectivity index (χ0n) is 9.87. The van der Waals surface area contributed by atoms with Crippen LogP contribution in [0.3, 0.4) is 0 Å². The van der Waals surface area contributed by atoms with Gasteiger partial charge in [0.05, 0.1) is 0 Å². The summed E-state index contributed by atoms with van der Waals surface area (Å²) in [6, 6.07) is 0.141.